The smallest absolute Gasteiger partial charge is 0.335 e. The van der Waals surface area contributed by atoms with E-state index in [2.05, 4.69) is 0 Å². The van der Waals surface area contributed by atoms with Gasteiger partial charge in [0.15, 0.2) is 5.60 Å². The van der Waals surface area contributed by atoms with Crippen molar-refractivity contribution in [2.45, 2.75) is 44.3 Å². The Morgan fingerprint density at radius 3 is 2.42 bits per heavy atom. The Labute approximate surface area is 71.7 Å². The van der Waals surface area contributed by atoms with Crippen molar-refractivity contribution in [1.29, 1.82) is 0 Å². The SMILES string of the molecule is CC1OC2(C(=O)O)CCC1CC2. The lowest BCUT2D eigenvalue weighted by Gasteiger charge is -2.47. The van der Waals surface area contributed by atoms with E-state index in [0.29, 0.717) is 18.8 Å². The highest BCUT2D eigenvalue weighted by Gasteiger charge is 2.50. The van der Waals surface area contributed by atoms with Crippen molar-refractivity contribution < 1.29 is 14.6 Å². The van der Waals surface area contributed by atoms with Crippen LogP contribution in [0.5, 0.6) is 0 Å². The Balaban J connectivity index is 2.21. The summed E-state index contributed by atoms with van der Waals surface area (Å²) in [6, 6.07) is 0. The summed E-state index contributed by atoms with van der Waals surface area (Å²) in [4.78, 5) is 11.0. The van der Waals surface area contributed by atoms with Gasteiger partial charge in [-0.3, -0.25) is 0 Å². The van der Waals surface area contributed by atoms with E-state index in [1.54, 1.807) is 0 Å². The van der Waals surface area contributed by atoms with Gasteiger partial charge in [-0.1, -0.05) is 0 Å². The summed E-state index contributed by atoms with van der Waals surface area (Å²) in [6.07, 6.45) is 3.60. The van der Waals surface area contributed by atoms with E-state index in [1.807, 2.05) is 6.92 Å². The Bertz CT molecular complexity index is 204. The molecule has 2 heterocycles. The zero-order valence-corrected chi connectivity index (χ0v) is 7.25. The molecule has 0 aromatic rings. The second kappa shape index (κ2) is 2.46. The highest BCUT2D eigenvalue weighted by atomic mass is 16.5. The summed E-state index contributed by atoms with van der Waals surface area (Å²) < 4.78 is 5.53. The van der Waals surface area contributed by atoms with E-state index in [-0.39, 0.29) is 6.10 Å². The van der Waals surface area contributed by atoms with Gasteiger partial charge in [0.2, 0.25) is 0 Å². The Hall–Kier alpha value is -0.570. The van der Waals surface area contributed by atoms with Crippen molar-refractivity contribution in [2.24, 2.45) is 5.92 Å². The summed E-state index contributed by atoms with van der Waals surface area (Å²) in [6.45, 7) is 1.99. The number of carbonyl (C=O) groups is 1. The Morgan fingerprint density at radius 2 is 2.08 bits per heavy atom. The van der Waals surface area contributed by atoms with Crippen LogP contribution in [-0.4, -0.2) is 22.8 Å². The molecular formula is C9H14O3. The van der Waals surface area contributed by atoms with Gasteiger partial charge in [-0.15, -0.1) is 0 Å². The van der Waals surface area contributed by atoms with Crippen LogP contribution in [0.1, 0.15) is 32.6 Å². The van der Waals surface area contributed by atoms with Crippen molar-refractivity contribution in [3.63, 3.8) is 0 Å². The van der Waals surface area contributed by atoms with E-state index in [0.717, 1.165) is 12.8 Å². The number of carboxylic acids is 1. The largest absolute Gasteiger partial charge is 0.479 e. The molecule has 2 aliphatic heterocycles. The van der Waals surface area contributed by atoms with E-state index in [4.69, 9.17) is 9.84 Å². The summed E-state index contributed by atoms with van der Waals surface area (Å²) >= 11 is 0. The number of carboxylic acid groups (broad SMARTS) is 1. The molecule has 1 unspecified atom stereocenters. The van der Waals surface area contributed by atoms with Crippen molar-refractivity contribution in [2.75, 3.05) is 0 Å². The van der Waals surface area contributed by atoms with Gasteiger partial charge in [0.05, 0.1) is 6.10 Å². The zero-order chi connectivity index (χ0) is 8.77. The summed E-state index contributed by atoms with van der Waals surface area (Å²) in [5.74, 6) is -0.168. The average molecular weight is 170 g/mol. The van der Waals surface area contributed by atoms with E-state index >= 15 is 0 Å². The molecule has 1 N–H and O–H groups in total. The van der Waals surface area contributed by atoms with Crippen LogP contribution in [-0.2, 0) is 9.53 Å². The molecule has 68 valence electrons. The molecule has 2 saturated heterocycles. The molecule has 3 fully saturated rings. The molecule has 0 radical (unpaired) electrons. The number of ether oxygens (including phenoxy) is 1. The molecule has 3 heteroatoms. The summed E-state index contributed by atoms with van der Waals surface area (Å²) in [5.41, 5.74) is -0.825. The molecule has 1 aliphatic carbocycles. The number of hydrogen-bond acceptors (Lipinski definition) is 2. The zero-order valence-electron chi connectivity index (χ0n) is 7.25. The fourth-order valence-electron chi connectivity index (χ4n) is 2.41. The first-order chi connectivity index (χ1) is 5.64. The van der Waals surface area contributed by atoms with Gasteiger partial charge in [-0.25, -0.2) is 4.79 Å². The molecular weight excluding hydrogens is 156 g/mol. The normalized spacial score (nSPS) is 46.1. The van der Waals surface area contributed by atoms with Gasteiger partial charge in [0.25, 0.3) is 0 Å². The van der Waals surface area contributed by atoms with Crippen molar-refractivity contribution in [1.82, 2.24) is 0 Å². The van der Waals surface area contributed by atoms with Crippen LogP contribution < -0.4 is 0 Å². The first kappa shape index (κ1) is 8.05. The van der Waals surface area contributed by atoms with Crippen LogP contribution in [0.4, 0.5) is 0 Å². The molecule has 1 atom stereocenters. The van der Waals surface area contributed by atoms with Crippen LogP contribution in [0, 0.1) is 5.92 Å². The predicted molar refractivity (Wildman–Crippen MR) is 42.9 cm³/mol. The minimum atomic E-state index is -0.825. The molecule has 0 aromatic carbocycles. The third-order valence-corrected chi connectivity index (χ3v) is 3.30. The number of rotatable bonds is 1. The van der Waals surface area contributed by atoms with Gasteiger partial charge in [0.1, 0.15) is 0 Å². The maximum atomic E-state index is 11.0. The Morgan fingerprint density at radius 1 is 1.50 bits per heavy atom. The van der Waals surface area contributed by atoms with Gasteiger partial charge >= 0.3 is 5.97 Å². The fraction of sp³-hybridized carbons (Fsp3) is 0.889. The minimum absolute atomic E-state index is 0.142. The van der Waals surface area contributed by atoms with Gasteiger partial charge in [-0.05, 0) is 38.5 Å². The van der Waals surface area contributed by atoms with Crippen LogP contribution in [0.25, 0.3) is 0 Å². The second-order valence-corrected chi connectivity index (χ2v) is 3.96. The lowest BCUT2D eigenvalue weighted by atomic mass is 9.73. The molecule has 1 saturated carbocycles. The first-order valence-corrected chi connectivity index (χ1v) is 4.55. The molecule has 3 aliphatic rings. The molecule has 2 bridgehead atoms. The Kier molecular flexibility index (Phi) is 1.65. The predicted octanol–water partition coefficient (Wildman–Crippen LogP) is 1.42. The lowest BCUT2D eigenvalue weighted by Crippen LogP contribution is -2.54. The first-order valence-electron chi connectivity index (χ1n) is 4.55. The number of aliphatic carboxylic acids is 1. The highest BCUT2D eigenvalue weighted by Crippen LogP contribution is 2.44. The fourth-order valence-corrected chi connectivity index (χ4v) is 2.41. The lowest BCUT2D eigenvalue weighted by molar-refractivity contribution is -0.209. The van der Waals surface area contributed by atoms with Gasteiger partial charge in [-0.2, -0.15) is 0 Å². The second-order valence-electron chi connectivity index (χ2n) is 3.96. The van der Waals surface area contributed by atoms with E-state index < -0.39 is 11.6 Å². The molecule has 3 rings (SSSR count). The molecule has 0 aromatic heterocycles. The van der Waals surface area contributed by atoms with E-state index in [1.165, 1.54) is 0 Å². The maximum absolute atomic E-state index is 11.0. The van der Waals surface area contributed by atoms with Crippen LogP contribution >= 0.6 is 0 Å². The molecule has 0 spiro atoms. The maximum Gasteiger partial charge on any atom is 0.335 e. The summed E-state index contributed by atoms with van der Waals surface area (Å²) in [5, 5.41) is 9.01. The number of fused-ring (bicyclic) bond motifs is 3. The topological polar surface area (TPSA) is 46.5 Å². The molecule has 0 amide bonds. The third kappa shape index (κ3) is 0.959. The van der Waals surface area contributed by atoms with Gasteiger partial charge in [0, 0.05) is 0 Å². The third-order valence-electron chi connectivity index (χ3n) is 3.30. The highest BCUT2D eigenvalue weighted by molar-refractivity contribution is 5.77. The monoisotopic (exact) mass is 170 g/mol. The van der Waals surface area contributed by atoms with E-state index in [9.17, 15) is 4.79 Å². The minimum Gasteiger partial charge on any atom is -0.479 e. The number of hydrogen-bond donors (Lipinski definition) is 1. The van der Waals surface area contributed by atoms with Gasteiger partial charge < -0.3 is 9.84 Å². The van der Waals surface area contributed by atoms with Crippen molar-refractivity contribution in [3.05, 3.63) is 0 Å². The van der Waals surface area contributed by atoms with Crippen LogP contribution in [0.15, 0.2) is 0 Å². The van der Waals surface area contributed by atoms with Crippen LogP contribution in [0.2, 0.25) is 0 Å². The average Bonchev–Trinajstić information content (AvgIpc) is 2.05. The quantitative estimate of drug-likeness (QED) is 0.647. The molecule has 12 heavy (non-hydrogen) atoms. The summed E-state index contributed by atoms with van der Waals surface area (Å²) in [7, 11) is 0. The standard InChI is InChI=1S/C9H14O3/c1-6-7-2-4-9(12-6,5-3-7)8(10)11/h6-7H,2-5H2,1H3,(H,10,11). The van der Waals surface area contributed by atoms with Crippen molar-refractivity contribution >= 4 is 5.97 Å². The van der Waals surface area contributed by atoms with Crippen LogP contribution in [0.3, 0.4) is 0 Å². The van der Waals surface area contributed by atoms with Crippen molar-refractivity contribution in [3.8, 4) is 0 Å². The molecule has 3 nitrogen and oxygen atoms in total.